The van der Waals surface area contributed by atoms with Crippen molar-refractivity contribution in [1.29, 1.82) is 0 Å². The number of nitrogens with zero attached hydrogens (tertiary/aromatic N) is 3. The molecule has 3 aromatic heterocycles. The third kappa shape index (κ3) is 3.52. The summed E-state index contributed by atoms with van der Waals surface area (Å²) in [5.41, 5.74) is 2.76. The summed E-state index contributed by atoms with van der Waals surface area (Å²) < 4.78 is 7.40. The number of benzene rings is 1. The number of fused-ring (bicyclic) bond motifs is 1. The molecule has 146 valence electrons. The Morgan fingerprint density at radius 2 is 2.14 bits per heavy atom. The van der Waals surface area contributed by atoms with Gasteiger partial charge in [0.2, 0.25) is 5.91 Å². The molecule has 7 nitrogen and oxygen atoms in total. The fourth-order valence-corrected chi connectivity index (χ4v) is 3.69. The van der Waals surface area contributed by atoms with E-state index >= 15 is 0 Å². The number of pyridine rings is 1. The Morgan fingerprint density at radius 3 is 2.90 bits per heavy atom. The van der Waals surface area contributed by atoms with Crippen molar-refractivity contribution in [3.05, 3.63) is 66.6 Å². The molecule has 1 aromatic carbocycles. The number of carbonyl (C=O) groups is 1. The summed E-state index contributed by atoms with van der Waals surface area (Å²) in [6, 6.07) is 15.8. The number of hydrogen-bond acceptors (Lipinski definition) is 5. The Hall–Kier alpha value is -3.45. The van der Waals surface area contributed by atoms with E-state index in [4.69, 9.17) is 9.52 Å². The van der Waals surface area contributed by atoms with Gasteiger partial charge >= 0.3 is 0 Å². The standard InChI is InChI=1S/C22H21N5O2/c28-22(16-8-9-23-12-16)25-21-17-13-24-18(20-7-4-10-29-20)11-19(17)27(26-21)14-15-5-2-1-3-6-15/h1-7,10-11,13,16,23H,8-9,12,14H2,(H,25,26,28). The van der Waals surface area contributed by atoms with E-state index in [1.165, 1.54) is 0 Å². The van der Waals surface area contributed by atoms with E-state index in [1.54, 1.807) is 12.5 Å². The van der Waals surface area contributed by atoms with Gasteiger partial charge in [-0.3, -0.25) is 14.5 Å². The molecule has 0 spiro atoms. The van der Waals surface area contributed by atoms with Crippen LogP contribution in [0.1, 0.15) is 12.0 Å². The van der Waals surface area contributed by atoms with Crippen LogP contribution in [0, 0.1) is 5.92 Å². The molecule has 1 aliphatic rings. The van der Waals surface area contributed by atoms with Gasteiger partial charge in [0.15, 0.2) is 11.6 Å². The van der Waals surface area contributed by atoms with Crippen LogP contribution in [0.3, 0.4) is 0 Å². The Kier molecular flexibility index (Phi) is 4.57. The number of amides is 1. The molecule has 1 saturated heterocycles. The molecule has 1 amide bonds. The monoisotopic (exact) mass is 387 g/mol. The number of nitrogens with one attached hydrogen (secondary N) is 2. The van der Waals surface area contributed by atoms with E-state index in [-0.39, 0.29) is 11.8 Å². The van der Waals surface area contributed by atoms with Gasteiger partial charge < -0.3 is 15.1 Å². The highest BCUT2D eigenvalue weighted by Gasteiger charge is 2.24. The predicted molar refractivity (Wildman–Crippen MR) is 110 cm³/mol. The van der Waals surface area contributed by atoms with Crippen molar-refractivity contribution >= 4 is 22.6 Å². The molecule has 1 atom stereocenters. The lowest BCUT2D eigenvalue weighted by Crippen LogP contribution is -2.25. The maximum atomic E-state index is 12.6. The summed E-state index contributed by atoms with van der Waals surface area (Å²) in [5.74, 6) is 1.21. The first kappa shape index (κ1) is 17.6. The minimum atomic E-state index is -0.0281. The largest absolute Gasteiger partial charge is 0.463 e. The van der Waals surface area contributed by atoms with Crippen LogP contribution in [0.15, 0.2) is 65.4 Å². The van der Waals surface area contributed by atoms with Crippen LogP contribution in [-0.2, 0) is 11.3 Å². The Bertz CT molecular complexity index is 1130. The van der Waals surface area contributed by atoms with Gasteiger partial charge in [0, 0.05) is 12.7 Å². The molecule has 1 fully saturated rings. The number of aromatic nitrogens is 3. The second-order valence-corrected chi connectivity index (χ2v) is 7.23. The van der Waals surface area contributed by atoms with Crippen molar-refractivity contribution < 1.29 is 9.21 Å². The van der Waals surface area contributed by atoms with Crippen molar-refractivity contribution in [2.75, 3.05) is 18.4 Å². The number of rotatable bonds is 5. The summed E-state index contributed by atoms with van der Waals surface area (Å²) >= 11 is 0. The van der Waals surface area contributed by atoms with Gasteiger partial charge in [0.1, 0.15) is 5.69 Å². The van der Waals surface area contributed by atoms with E-state index in [2.05, 4.69) is 27.8 Å². The van der Waals surface area contributed by atoms with Gasteiger partial charge in [-0.25, -0.2) is 0 Å². The van der Waals surface area contributed by atoms with Crippen molar-refractivity contribution in [1.82, 2.24) is 20.1 Å². The zero-order valence-corrected chi connectivity index (χ0v) is 15.8. The Morgan fingerprint density at radius 1 is 1.24 bits per heavy atom. The average Bonchev–Trinajstić information content (AvgIpc) is 3.51. The topological polar surface area (TPSA) is 85.0 Å². The zero-order chi connectivity index (χ0) is 19.6. The number of furan rings is 1. The van der Waals surface area contributed by atoms with Crippen LogP contribution in [0.4, 0.5) is 5.82 Å². The second-order valence-electron chi connectivity index (χ2n) is 7.23. The van der Waals surface area contributed by atoms with Gasteiger partial charge in [0.25, 0.3) is 0 Å². The van der Waals surface area contributed by atoms with Gasteiger partial charge in [-0.1, -0.05) is 30.3 Å². The van der Waals surface area contributed by atoms with Gasteiger partial charge in [-0.2, -0.15) is 5.10 Å². The van der Waals surface area contributed by atoms with Gasteiger partial charge in [0.05, 0.1) is 29.6 Å². The molecule has 29 heavy (non-hydrogen) atoms. The quantitative estimate of drug-likeness (QED) is 0.549. The number of anilines is 1. The van der Waals surface area contributed by atoms with Crippen molar-refractivity contribution in [2.24, 2.45) is 5.92 Å². The van der Waals surface area contributed by atoms with Crippen LogP contribution in [0.2, 0.25) is 0 Å². The highest BCUT2D eigenvalue weighted by atomic mass is 16.3. The molecule has 0 radical (unpaired) electrons. The summed E-state index contributed by atoms with van der Waals surface area (Å²) in [4.78, 5) is 17.2. The summed E-state index contributed by atoms with van der Waals surface area (Å²) in [7, 11) is 0. The zero-order valence-electron chi connectivity index (χ0n) is 15.8. The lowest BCUT2D eigenvalue weighted by atomic mass is 10.1. The highest BCUT2D eigenvalue weighted by molar-refractivity contribution is 6.01. The van der Waals surface area contributed by atoms with Crippen LogP contribution in [0.25, 0.3) is 22.4 Å². The maximum Gasteiger partial charge on any atom is 0.230 e. The third-order valence-electron chi connectivity index (χ3n) is 5.26. The molecular formula is C22H21N5O2. The Labute approximate surface area is 167 Å². The van der Waals surface area contributed by atoms with E-state index in [1.807, 2.05) is 41.1 Å². The Balaban J connectivity index is 1.55. The normalized spacial score (nSPS) is 16.3. The summed E-state index contributed by atoms with van der Waals surface area (Å²) in [6.45, 7) is 2.17. The van der Waals surface area contributed by atoms with E-state index < -0.39 is 0 Å². The molecule has 1 aliphatic heterocycles. The molecule has 0 bridgehead atoms. The first-order valence-electron chi connectivity index (χ1n) is 9.74. The molecule has 1 unspecified atom stereocenters. The van der Waals surface area contributed by atoms with Crippen LogP contribution < -0.4 is 10.6 Å². The predicted octanol–water partition coefficient (Wildman–Crippen LogP) is 3.29. The van der Waals surface area contributed by atoms with E-state index in [9.17, 15) is 4.79 Å². The van der Waals surface area contributed by atoms with E-state index in [0.29, 0.717) is 24.7 Å². The van der Waals surface area contributed by atoms with Gasteiger partial charge in [-0.05, 0) is 36.7 Å². The lowest BCUT2D eigenvalue weighted by molar-refractivity contribution is -0.119. The lowest BCUT2D eigenvalue weighted by Gasteiger charge is -2.07. The molecular weight excluding hydrogens is 366 g/mol. The van der Waals surface area contributed by atoms with Crippen LogP contribution in [-0.4, -0.2) is 33.8 Å². The molecule has 0 aliphatic carbocycles. The summed E-state index contributed by atoms with van der Waals surface area (Å²) in [5, 5.41) is 11.8. The van der Waals surface area contributed by atoms with Crippen molar-refractivity contribution in [3.8, 4) is 11.5 Å². The van der Waals surface area contributed by atoms with E-state index in [0.717, 1.165) is 35.1 Å². The molecule has 2 N–H and O–H groups in total. The first-order valence-corrected chi connectivity index (χ1v) is 9.74. The number of hydrogen-bond donors (Lipinski definition) is 2. The van der Waals surface area contributed by atoms with Crippen LogP contribution in [0.5, 0.6) is 0 Å². The molecule has 4 heterocycles. The molecule has 0 saturated carbocycles. The maximum absolute atomic E-state index is 12.6. The van der Waals surface area contributed by atoms with Gasteiger partial charge in [-0.15, -0.1) is 0 Å². The minimum Gasteiger partial charge on any atom is -0.463 e. The smallest absolute Gasteiger partial charge is 0.230 e. The fraction of sp³-hybridized carbons (Fsp3) is 0.227. The molecule has 7 heteroatoms. The number of carbonyl (C=O) groups excluding carboxylic acids is 1. The highest BCUT2D eigenvalue weighted by Crippen LogP contribution is 2.28. The third-order valence-corrected chi connectivity index (χ3v) is 5.26. The molecule has 4 aromatic rings. The SMILES string of the molecule is O=C(Nc1nn(Cc2ccccc2)c2cc(-c3ccco3)ncc12)C1CCNC1. The van der Waals surface area contributed by atoms with Crippen molar-refractivity contribution in [3.63, 3.8) is 0 Å². The summed E-state index contributed by atoms with van der Waals surface area (Å²) in [6.07, 6.45) is 4.23. The minimum absolute atomic E-state index is 0.00336. The molecule has 5 rings (SSSR count). The second kappa shape index (κ2) is 7.52. The fourth-order valence-electron chi connectivity index (χ4n) is 3.69. The first-order chi connectivity index (χ1) is 14.3. The van der Waals surface area contributed by atoms with Crippen LogP contribution >= 0.6 is 0 Å². The average molecular weight is 387 g/mol. The van der Waals surface area contributed by atoms with Crippen molar-refractivity contribution in [2.45, 2.75) is 13.0 Å².